The topological polar surface area (TPSA) is 0 Å². The Morgan fingerprint density at radius 2 is 0.220 bits per heavy atom. The standard InChI is InChI=1S/C30H16.C30H18.C28H14.C22H12.C22H14/c1-3-7-23-17(5-1)13-19-9-11-22-16-26-24-8-4-2-6-18(24)14-20-10-12-21-15-25(23)27(19)29(22)30(21)28(20)26;1-5-13-23-19(9-1)20-10-2-6-14-24(20)28-18-30-26-16-8-4-12-22(26)21-11-3-7-15-25(21)29(30)17-27(23)28;1-2-4-20-19(3-1)21-13-11-17-9-7-15-5-6-16-8-10-18-12-14-22(20)28-26(18)24(16)23(15)25(17)27(21)28;1-3-13-7-9-15-11-12-16-10-8-14-4-2-6-18-17(5-1)19(13)21(15)22(16)20(14)18;1-2-8-16-14-22-20-12-6-4-10-18(20)17-9-3-5-11-19(17)21(22)13-15(16)7-1/h1-16H;1-18H;1-14H;1-12H;1-14H. The molecule has 0 aliphatic rings. The van der Waals surface area contributed by atoms with Gasteiger partial charge in [-0.25, -0.2) is 0 Å². The first-order valence-corrected chi connectivity index (χ1v) is 46.2. The van der Waals surface area contributed by atoms with Crippen LogP contribution in [0, 0.1) is 0 Å². The van der Waals surface area contributed by atoms with Crippen LogP contribution in [-0.4, -0.2) is 0 Å². The SMILES string of the molecule is c1cc2ccc3ccc4ccc5cccc6c(c1)c2c3c4c56.c1ccc2c(c1)c1ccc3ccc4ccc5ccc6ccc2c2c6c5c4c3c12.c1ccc2c(c1)c1ccccc1c1cc3c4ccccc4c4ccccc4c3cc21.c1ccc2c(c1)cc1ccc3cc4c5ccccc5cc5ccc6cc2c1c3c6c54.c1ccc2cc3c4ccccc4c4ccccc4c3cc2c1. The van der Waals surface area contributed by atoms with E-state index in [1.165, 1.54) is 312 Å². The molecular weight excluding hydrogens is 1590 g/mol. The number of rotatable bonds is 0. The largest absolute Gasteiger partial charge is 0.0616 e. The molecular formula is C132H74. The van der Waals surface area contributed by atoms with Crippen LogP contribution in [0.25, 0.3) is 312 Å². The molecule has 0 fully saturated rings. The molecule has 0 saturated heterocycles. The summed E-state index contributed by atoms with van der Waals surface area (Å²) in [6.07, 6.45) is 0. The summed E-state index contributed by atoms with van der Waals surface area (Å²) < 4.78 is 0. The zero-order chi connectivity index (χ0) is 85.8. The molecule has 0 amide bonds. The summed E-state index contributed by atoms with van der Waals surface area (Å²) in [7, 11) is 0. The van der Waals surface area contributed by atoms with E-state index in [4.69, 9.17) is 0 Å². The Morgan fingerprint density at radius 1 is 0.0606 bits per heavy atom. The van der Waals surface area contributed by atoms with E-state index in [1.807, 2.05) is 0 Å². The van der Waals surface area contributed by atoms with Gasteiger partial charge >= 0.3 is 0 Å². The van der Waals surface area contributed by atoms with Crippen molar-refractivity contribution < 1.29 is 0 Å². The minimum absolute atomic E-state index is 1.30. The second-order valence-electron chi connectivity index (χ2n) is 36.8. The normalized spacial score (nSPS) is 12.4. The van der Waals surface area contributed by atoms with Gasteiger partial charge < -0.3 is 0 Å². The Morgan fingerprint density at radius 3 is 0.515 bits per heavy atom. The van der Waals surface area contributed by atoms with Crippen molar-refractivity contribution in [3.8, 4) is 0 Å². The zero-order valence-electron chi connectivity index (χ0n) is 71.7. The number of hydrogen-bond donors (Lipinski definition) is 0. The summed E-state index contributed by atoms with van der Waals surface area (Å²) in [6.45, 7) is 0. The maximum Gasteiger partial charge on any atom is -0.000741 e. The van der Waals surface area contributed by atoms with Gasteiger partial charge in [0, 0.05) is 0 Å². The molecule has 34 rings (SSSR count). The molecule has 0 saturated carbocycles. The molecule has 0 aliphatic carbocycles. The lowest BCUT2D eigenvalue weighted by molar-refractivity contribution is 1.78. The Hall–Kier alpha value is -17.2. The smallest absolute Gasteiger partial charge is 0.000741 e. The highest BCUT2D eigenvalue weighted by atomic mass is 14.3. The Balaban J connectivity index is 0.0000000797. The van der Waals surface area contributed by atoms with Crippen LogP contribution in [0.1, 0.15) is 0 Å². The van der Waals surface area contributed by atoms with E-state index in [0.717, 1.165) is 0 Å². The summed E-state index contributed by atoms with van der Waals surface area (Å²) >= 11 is 0. The molecule has 0 aromatic heterocycles. The van der Waals surface area contributed by atoms with Gasteiger partial charge in [0.15, 0.2) is 0 Å². The van der Waals surface area contributed by atoms with Crippen molar-refractivity contribution in [3.63, 3.8) is 0 Å². The quantitative estimate of drug-likeness (QED) is 0.105. The third-order valence-electron chi connectivity index (χ3n) is 30.3. The highest BCUT2D eigenvalue weighted by Gasteiger charge is 2.25. The lowest BCUT2D eigenvalue weighted by Crippen LogP contribution is -1.93. The molecule has 0 bridgehead atoms. The average molecular weight is 1660 g/mol. The molecule has 0 radical (unpaired) electrons. The predicted molar refractivity (Wildman–Crippen MR) is 578 cm³/mol. The first kappa shape index (κ1) is 71.9. The highest BCUT2D eigenvalue weighted by molar-refractivity contribution is 6.49. The molecule has 0 N–H and O–H groups in total. The van der Waals surface area contributed by atoms with E-state index in [9.17, 15) is 0 Å². The van der Waals surface area contributed by atoms with Crippen molar-refractivity contribution >= 4 is 312 Å². The van der Waals surface area contributed by atoms with Gasteiger partial charge in [-0.3, -0.25) is 0 Å². The summed E-state index contributed by atoms with van der Waals surface area (Å²) in [6, 6.07) is 166. The number of hydrogen-bond acceptors (Lipinski definition) is 0. The van der Waals surface area contributed by atoms with E-state index in [-0.39, 0.29) is 0 Å². The molecule has 34 aromatic rings. The summed E-state index contributed by atoms with van der Waals surface area (Å²) in [4.78, 5) is 0. The van der Waals surface area contributed by atoms with E-state index < -0.39 is 0 Å². The second kappa shape index (κ2) is 27.2. The zero-order valence-corrected chi connectivity index (χ0v) is 71.7. The molecule has 0 heterocycles. The molecule has 0 spiro atoms. The third kappa shape index (κ3) is 10.0. The van der Waals surface area contributed by atoms with Gasteiger partial charge in [0.1, 0.15) is 0 Å². The van der Waals surface area contributed by atoms with E-state index in [1.54, 1.807) is 0 Å². The minimum Gasteiger partial charge on any atom is -0.0616 e. The van der Waals surface area contributed by atoms with Gasteiger partial charge in [-0.05, 0) is 361 Å². The molecule has 602 valence electrons. The van der Waals surface area contributed by atoms with Crippen LogP contribution < -0.4 is 0 Å². The van der Waals surface area contributed by atoms with E-state index >= 15 is 0 Å². The summed E-state index contributed by atoms with van der Waals surface area (Å²) in [5, 5.41) is 78.8. The van der Waals surface area contributed by atoms with Crippen LogP contribution in [0.4, 0.5) is 0 Å². The lowest BCUT2D eigenvalue weighted by atomic mass is 9.81. The van der Waals surface area contributed by atoms with Gasteiger partial charge in [0.05, 0.1) is 0 Å². The van der Waals surface area contributed by atoms with Crippen LogP contribution in [-0.2, 0) is 0 Å². The Kier molecular flexibility index (Phi) is 14.8. The Labute approximate surface area is 755 Å². The van der Waals surface area contributed by atoms with Crippen molar-refractivity contribution in [2.24, 2.45) is 0 Å². The molecule has 132 heavy (non-hydrogen) atoms. The molecule has 0 heteroatoms. The molecule has 0 nitrogen and oxygen atoms in total. The summed E-state index contributed by atoms with van der Waals surface area (Å²) in [5.41, 5.74) is 0. The van der Waals surface area contributed by atoms with Crippen molar-refractivity contribution in [1.29, 1.82) is 0 Å². The van der Waals surface area contributed by atoms with Crippen LogP contribution in [0.15, 0.2) is 449 Å². The predicted octanol–water partition coefficient (Wildman–Crippen LogP) is 37.9. The fourth-order valence-electron chi connectivity index (χ4n) is 24.7. The lowest BCUT2D eigenvalue weighted by Gasteiger charge is -2.21. The maximum absolute atomic E-state index is 2.42. The number of fused-ring (bicyclic) bond motifs is 27. The van der Waals surface area contributed by atoms with Crippen molar-refractivity contribution in [2.75, 3.05) is 0 Å². The van der Waals surface area contributed by atoms with Crippen molar-refractivity contribution in [2.45, 2.75) is 0 Å². The molecule has 34 aromatic carbocycles. The van der Waals surface area contributed by atoms with Crippen LogP contribution >= 0.6 is 0 Å². The van der Waals surface area contributed by atoms with Gasteiger partial charge in [-0.15, -0.1) is 0 Å². The minimum atomic E-state index is 1.30. The van der Waals surface area contributed by atoms with Crippen molar-refractivity contribution in [1.82, 2.24) is 0 Å². The number of benzene rings is 34. The van der Waals surface area contributed by atoms with Gasteiger partial charge in [-0.1, -0.05) is 400 Å². The molecule has 0 unspecified atom stereocenters. The van der Waals surface area contributed by atoms with Gasteiger partial charge in [-0.2, -0.15) is 0 Å². The van der Waals surface area contributed by atoms with Gasteiger partial charge in [0.2, 0.25) is 0 Å². The molecule has 0 atom stereocenters. The van der Waals surface area contributed by atoms with E-state index in [2.05, 4.69) is 449 Å². The monoisotopic (exact) mass is 1660 g/mol. The van der Waals surface area contributed by atoms with Crippen LogP contribution in [0.2, 0.25) is 0 Å². The second-order valence-corrected chi connectivity index (χ2v) is 36.8. The van der Waals surface area contributed by atoms with Gasteiger partial charge in [0.25, 0.3) is 0 Å². The average Bonchev–Trinajstić information content (AvgIpc) is 0.684. The third-order valence-corrected chi connectivity index (χ3v) is 30.3. The van der Waals surface area contributed by atoms with Crippen molar-refractivity contribution in [3.05, 3.63) is 449 Å². The van der Waals surface area contributed by atoms with Crippen LogP contribution in [0.5, 0.6) is 0 Å². The fourth-order valence-corrected chi connectivity index (χ4v) is 24.7. The van der Waals surface area contributed by atoms with Crippen LogP contribution in [0.3, 0.4) is 0 Å². The first-order valence-electron chi connectivity index (χ1n) is 46.2. The fraction of sp³-hybridized carbons (Fsp3) is 0. The van der Waals surface area contributed by atoms with E-state index in [0.29, 0.717) is 0 Å². The molecule has 0 aliphatic heterocycles. The first-order chi connectivity index (χ1) is 65.5. The highest BCUT2D eigenvalue weighted by Crippen LogP contribution is 2.54. The Bertz CT molecular complexity index is 10100. The summed E-state index contributed by atoms with van der Waals surface area (Å²) in [5.74, 6) is 0. The maximum atomic E-state index is 2.42.